The molecule has 0 atom stereocenters. The molecule has 3 aromatic rings. The number of aryl methyl sites for hydroxylation is 2. The summed E-state index contributed by atoms with van der Waals surface area (Å²) in [4.78, 5) is 16.3. The number of methoxy groups -OCH3 is 1. The van der Waals surface area contributed by atoms with Crippen LogP contribution in [-0.4, -0.2) is 18.1 Å². The summed E-state index contributed by atoms with van der Waals surface area (Å²) in [6, 6.07) is 13.0. The Morgan fingerprint density at radius 1 is 0.973 bits per heavy atom. The number of rotatable bonds is 6. The molecule has 4 rings (SSSR count). The lowest BCUT2D eigenvalue weighted by Gasteiger charge is -2.17. The van der Waals surface area contributed by atoms with Gasteiger partial charge in [0.2, 0.25) is 0 Å². The molecule has 1 heterocycles. The van der Waals surface area contributed by atoms with E-state index >= 15 is 0 Å². The van der Waals surface area contributed by atoms with Gasteiger partial charge in [-0.3, -0.25) is 0 Å². The summed E-state index contributed by atoms with van der Waals surface area (Å²) in [7, 11) is 1.26. The van der Waals surface area contributed by atoms with Gasteiger partial charge in [-0.25, -0.2) is 14.2 Å². The Morgan fingerprint density at radius 2 is 1.65 bits per heavy atom. The molecule has 3 nitrogen and oxygen atoms in total. The number of esters is 1. The van der Waals surface area contributed by atoms with Crippen molar-refractivity contribution >= 4 is 28.7 Å². The Bertz CT molecular complexity index is 1300. The van der Waals surface area contributed by atoms with Crippen LogP contribution in [0.2, 0.25) is 5.02 Å². The number of aromatic nitrogens is 1. The van der Waals surface area contributed by atoms with Crippen molar-refractivity contribution in [2.24, 2.45) is 0 Å². The van der Waals surface area contributed by atoms with E-state index in [2.05, 4.69) is 4.98 Å². The van der Waals surface area contributed by atoms with Crippen LogP contribution < -0.4 is 0 Å². The van der Waals surface area contributed by atoms with Crippen LogP contribution in [0.15, 0.2) is 54.6 Å². The van der Waals surface area contributed by atoms with Gasteiger partial charge in [0.05, 0.1) is 18.4 Å². The monoisotopic (exact) mass is 533 g/mol. The summed E-state index contributed by atoms with van der Waals surface area (Å²) in [5.41, 5.74) is 3.08. The molecule has 0 radical (unpaired) electrons. The molecule has 1 aromatic heterocycles. The van der Waals surface area contributed by atoms with Crippen LogP contribution in [0.3, 0.4) is 0 Å². The summed E-state index contributed by atoms with van der Waals surface area (Å²) in [6.07, 6.45) is -1.91. The van der Waals surface area contributed by atoms with Gasteiger partial charge in [0, 0.05) is 5.02 Å². The summed E-state index contributed by atoms with van der Waals surface area (Å²) in [6.45, 7) is 4.00. The number of carbonyl (C=O) groups is 1. The first-order valence-electron chi connectivity index (χ1n) is 12.1. The minimum atomic E-state index is -4.50. The molecule has 0 aliphatic heterocycles. The number of carbonyl (C=O) groups excluding carboxylic acids is 1. The summed E-state index contributed by atoms with van der Waals surface area (Å²) in [5, 5.41) is 0.281. The third-order valence-corrected chi connectivity index (χ3v) is 6.35. The highest BCUT2D eigenvalue weighted by Crippen LogP contribution is 2.42. The van der Waals surface area contributed by atoms with Crippen molar-refractivity contribution in [1.82, 2.24) is 4.98 Å². The van der Waals surface area contributed by atoms with Crippen LogP contribution in [0.5, 0.6) is 0 Å². The van der Waals surface area contributed by atoms with Crippen LogP contribution in [0.25, 0.3) is 11.1 Å². The quantitative estimate of drug-likeness (QED) is 0.235. The van der Waals surface area contributed by atoms with Gasteiger partial charge in [0.1, 0.15) is 11.5 Å². The molecule has 8 heteroatoms. The van der Waals surface area contributed by atoms with E-state index in [0.717, 1.165) is 23.6 Å². The highest BCUT2D eigenvalue weighted by molar-refractivity contribution is 6.30. The van der Waals surface area contributed by atoms with Gasteiger partial charge >= 0.3 is 12.1 Å². The molecule has 0 N–H and O–H groups in total. The normalized spacial score (nSPS) is 13.3. The number of ether oxygens (including phenoxy) is 1. The number of hydrogen-bond donors (Lipinski definition) is 0. The van der Waals surface area contributed by atoms with Crippen molar-refractivity contribution in [2.45, 2.75) is 52.1 Å². The second kappa shape index (κ2) is 12.4. The highest BCUT2D eigenvalue weighted by Gasteiger charge is 2.32. The van der Waals surface area contributed by atoms with Gasteiger partial charge in [0.25, 0.3) is 0 Å². The predicted molar refractivity (Wildman–Crippen MR) is 138 cm³/mol. The average Bonchev–Trinajstić information content (AvgIpc) is 3.38. The Hall–Kier alpha value is -3.19. The topological polar surface area (TPSA) is 39.2 Å². The smallest absolute Gasteiger partial charge is 0.416 e. The second-order valence-corrected chi connectivity index (χ2v) is 8.75. The van der Waals surface area contributed by atoms with Gasteiger partial charge in [0.15, 0.2) is 0 Å². The van der Waals surface area contributed by atoms with Crippen molar-refractivity contribution in [2.75, 3.05) is 7.11 Å². The molecule has 0 saturated heterocycles. The van der Waals surface area contributed by atoms with Crippen molar-refractivity contribution in [3.05, 3.63) is 99.1 Å². The molecule has 0 saturated carbocycles. The van der Waals surface area contributed by atoms with Crippen molar-refractivity contribution in [1.29, 1.82) is 0 Å². The fourth-order valence-corrected chi connectivity index (χ4v) is 4.55. The van der Waals surface area contributed by atoms with E-state index in [0.29, 0.717) is 48.1 Å². The number of nitrogens with zero attached hydrogens (tertiary/aromatic N) is 1. The minimum absolute atomic E-state index is 0.131. The molecule has 1 aliphatic carbocycles. The molecule has 196 valence electrons. The maximum absolute atomic E-state index is 14.3. The van der Waals surface area contributed by atoms with Gasteiger partial charge < -0.3 is 4.74 Å². The average molecular weight is 534 g/mol. The van der Waals surface area contributed by atoms with E-state index in [1.165, 1.54) is 31.4 Å². The number of benzene rings is 2. The van der Waals surface area contributed by atoms with E-state index in [9.17, 15) is 22.4 Å². The van der Waals surface area contributed by atoms with E-state index in [-0.39, 0.29) is 10.7 Å². The summed E-state index contributed by atoms with van der Waals surface area (Å²) < 4.78 is 59.8. The van der Waals surface area contributed by atoms with Crippen LogP contribution in [-0.2, 0) is 23.8 Å². The van der Waals surface area contributed by atoms with Crippen molar-refractivity contribution in [3.63, 3.8) is 0 Å². The largest absolute Gasteiger partial charge is 0.464 e. The minimum Gasteiger partial charge on any atom is -0.464 e. The van der Waals surface area contributed by atoms with Gasteiger partial charge in [-0.05, 0) is 96.3 Å². The molecule has 2 aromatic carbocycles. The molecule has 1 aliphatic rings. The number of alkyl halides is 3. The summed E-state index contributed by atoms with van der Waals surface area (Å²) >= 11 is 5.83. The zero-order valence-electron chi connectivity index (χ0n) is 20.9. The molecule has 0 spiro atoms. The third kappa shape index (κ3) is 6.77. The molecule has 0 bridgehead atoms. The van der Waals surface area contributed by atoms with Crippen molar-refractivity contribution in [3.8, 4) is 0 Å². The first-order valence-corrected chi connectivity index (χ1v) is 12.5. The number of hydrogen-bond acceptors (Lipinski definition) is 3. The van der Waals surface area contributed by atoms with Crippen LogP contribution >= 0.6 is 11.6 Å². The lowest BCUT2D eigenvalue weighted by atomic mass is 9.90. The van der Waals surface area contributed by atoms with Gasteiger partial charge in [-0.1, -0.05) is 43.6 Å². The van der Waals surface area contributed by atoms with E-state index in [1.807, 2.05) is 13.8 Å². The zero-order valence-corrected chi connectivity index (χ0v) is 21.6. The summed E-state index contributed by atoms with van der Waals surface area (Å²) in [5.74, 6) is -1.03. The van der Waals surface area contributed by atoms with Gasteiger partial charge in [-0.2, -0.15) is 13.2 Å². The Kier molecular flexibility index (Phi) is 9.49. The second-order valence-electron chi connectivity index (χ2n) is 8.32. The third-order valence-electron chi connectivity index (χ3n) is 6.11. The standard InChI is InChI=1S/C27H22ClF4NO2.C2H6/c1-35-26(34)25-7-3-6-24(33-25)21-5-2-4-20(21)22-14-18(27(30,31)32)12-10-16(22)8-9-17-11-13-19(28)15-23(17)29;1-2/h3,6-7,10-15H,2,4-5,8-9H2,1H3;1-2H3. The Balaban J connectivity index is 0.00000186. The maximum Gasteiger partial charge on any atom is 0.416 e. The fraction of sp³-hybridized carbons (Fsp3) is 0.310. The predicted octanol–water partition coefficient (Wildman–Crippen LogP) is 8.59. The van der Waals surface area contributed by atoms with Crippen LogP contribution in [0.1, 0.15) is 71.5 Å². The van der Waals surface area contributed by atoms with E-state index in [4.69, 9.17) is 16.3 Å². The molecular weight excluding hydrogens is 506 g/mol. The molecule has 0 unspecified atom stereocenters. The van der Waals surface area contributed by atoms with Crippen LogP contribution in [0, 0.1) is 5.82 Å². The van der Waals surface area contributed by atoms with E-state index in [1.54, 1.807) is 24.3 Å². The van der Waals surface area contributed by atoms with E-state index < -0.39 is 23.5 Å². The lowest BCUT2D eigenvalue weighted by molar-refractivity contribution is -0.137. The molecule has 37 heavy (non-hydrogen) atoms. The highest BCUT2D eigenvalue weighted by atomic mass is 35.5. The molecule has 0 fully saturated rings. The molecule has 0 amide bonds. The maximum atomic E-state index is 14.3. The fourth-order valence-electron chi connectivity index (χ4n) is 4.39. The zero-order chi connectivity index (χ0) is 27.2. The molecular formula is C29H28ClF4NO2. The Labute approximate surface area is 219 Å². The van der Waals surface area contributed by atoms with Crippen molar-refractivity contribution < 1.29 is 27.1 Å². The SMILES string of the molecule is CC.COC(=O)c1cccc(C2=C(c3cc(C(F)(F)F)ccc3CCc3ccc(Cl)cc3F)CCC2)n1. The lowest BCUT2D eigenvalue weighted by Crippen LogP contribution is -2.08. The first kappa shape index (κ1) is 28.4. The van der Waals surface area contributed by atoms with Crippen LogP contribution in [0.4, 0.5) is 17.6 Å². The number of halogens is 5. The first-order chi connectivity index (χ1) is 17.7. The number of allylic oxidation sites excluding steroid dienone is 2. The number of pyridine rings is 1. The Morgan fingerprint density at radius 3 is 2.32 bits per heavy atom. The van der Waals surface area contributed by atoms with Gasteiger partial charge in [-0.15, -0.1) is 0 Å².